The van der Waals surface area contributed by atoms with E-state index in [0.29, 0.717) is 23.3 Å². The summed E-state index contributed by atoms with van der Waals surface area (Å²) in [5.41, 5.74) is 1.98. The van der Waals surface area contributed by atoms with Crippen molar-refractivity contribution in [3.05, 3.63) is 80.0 Å². The van der Waals surface area contributed by atoms with Crippen molar-refractivity contribution in [2.45, 2.75) is 20.4 Å². The van der Waals surface area contributed by atoms with Gasteiger partial charge in [0.05, 0.1) is 18.1 Å². The fraction of sp³-hybridized carbons (Fsp3) is 0.150. The highest BCUT2D eigenvalue weighted by Gasteiger charge is 2.16. The first kappa shape index (κ1) is 17.2. The van der Waals surface area contributed by atoms with Crippen molar-refractivity contribution in [3.8, 4) is 0 Å². The van der Waals surface area contributed by atoms with Crippen LogP contribution in [0, 0.1) is 13.8 Å². The smallest absolute Gasteiger partial charge is 0.292 e. The first-order chi connectivity index (χ1) is 13.0. The van der Waals surface area contributed by atoms with E-state index >= 15 is 0 Å². The second kappa shape index (κ2) is 6.85. The fourth-order valence-corrected chi connectivity index (χ4v) is 3.75. The third kappa shape index (κ3) is 3.41. The summed E-state index contributed by atoms with van der Waals surface area (Å²) in [6, 6.07) is 10.6. The van der Waals surface area contributed by atoms with Gasteiger partial charge in [-0.05, 0) is 42.5 Å². The molecule has 0 fully saturated rings. The van der Waals surface area contributed by atoms with Gasteiger partial charge in [0, 0.05) is 17.0 Å². The molecule has 1 aromatic carbocycles. The summed E-state index contributed by atoms with van der Waals surface area (Å²) in [6.45, 7) is 4.33. The Labute approximate surface area is 159 Å². The number of fused-ring (bicyclic) bond motifs is 1. The zero-order chi connectivity index (χ0) is 19.0. The van der Waals surface area contributed by atoms with Crippen molar-refractivity contribution in [1.29, 1.82) is 0 Å². The van der Waals surface area contributed by atoms with Gasteiger partial charge in [-0.3, -0.25) is 9.59 Å². The Hall–Kier alpha value is -3.19. The molecule has 0 radical (unpaired) electrons. The summed E-state index contributed by atoms with van der Waals surface area (Å²) in [7, 11) is 0. The number of benzene rings is 1. The molecule has 1 N–H and O–H groups in total. The van der Waals surface area contributed by atoms with Crippen molar-refractivity contribution in [2.75, 3.05) is 5.32 Å². The van der Waals surface area contributed by atoms with E-state index in [-0.39, 0.29) is 11.2 Å². The van der Waals surface area contributed by atoms with Crippen molar-refractivity contribution in [2.24, 2.45) is 0 Å². The van der Waals surface area contributed by atoms with Crippen LogP contribution in [0.15, 0.2) is 57.2 Å². The second-order valence-electron chi connectivity index (χ2n) is 6.34. The van der Waals surface area contributed by atoms with Crippen molar-refractivity contribution in [1.82, 2.24) is 9.78 Å². The topological polar surface area (TPSA) is 77.1 Å². The highest BCUT2D eigenvalue weighted by atomic mass is 32.1. The lowest BCUT2D eigenvalue weighted by molar-refractivity contribution is 0.0996. The van der Waals surface area contributed by atoms with Crippen LogP contribution in [0.2, 0.25) is 0 Å². The van der Waals surface area contributed by atoms with Crippen molar-refractivity contribution >= 4 is 34.0 Å². The molecule has 7 heteroatoms. The maximum atomic E-state index is 12.7. The third-order valence-electron chi connectivity index (χ3n) is 4.24. The number of carbonyl (C=O) groups is 1. The quantitative estimate of drug-likeness (QED) is 0.582. The van der Waals surface area contributed by atoms with Gasteiger partial charge < -0.3 is 9.73 Å². The number of anilines is 1. The molecule has 136 valence electrons. The monoisotopic (exact) mass is 379 g/mol. The summed E-state index contributed by atoms with van der Waals surface area (Å²) in [5.74, 6) is 0.0269. The Bertz CT molecular complexity index is 1190. The molecule has 0 spiro atoms. The first-order valence-corrected chi connectivity index (χ1v) is 9.30. The van der Waals surface area contributed by atoms with Gasteiger partial charge in [0.2, 0.25) is 0 Å². The van der Waals surface area contributed by atoms with Gasteiger partial charge in [0.15, 0.2) is 11.2 Å². The lowest BCUT2D eigenvalue weighted by Crippen LogP contribution is -2.18. The number of aryl methyl sites for hydroxylation is 2. The number of rotatable bonds is 4. The van der Waals surface area contributed by atoms with Crippen LogP contribution >= 0.6 is 11.3 Å². The number of thiophene rings is 1. The first-order valence-electron chi connectivity index (χ1n) is 8.42. The Kier molecular flexibility index (Phi) is 4.37. The number of amides is 1. The molecular formula is C20H17N3O3S. The van der Waals surface area contributed by atoms with E-state index < -0.39 is 5.91 Å². The predicted molar refractivity (Wildman–Crippen MR) is 106 cm³/mol. The van der Waals surface area contributed by atoms with E-state index in [1.807, 2.05) is 37.4 Å². The van der Waals surface area contributed by atoms with E-state index in [9.17, 15) is 9.59 Å². The summed E-state index contributed by atoms with van der Waals surface area (Å²) >= 11 is 1.62. The summed E-state index contributed by atoms with van der Waals surface area (Å²) in [6.07, 6.45) is 1.62. The zero-order valence-corrected chi connectivity index (χ0v) is 15.7. The second-order valence-corrected chi connectivity index (χ2v) is 7.37. The minimum absolute atomic E-state index is 0.0265. The molecule has 0 saturated carbocycles. The molecule has 6 nitrogen and oxygen atoms in total. The molecule has 0 bridgehead atoms. The number of hydrogen-bond acceptors (Lipinski definition) is 5. The van der Waals surface area contributed by atoms with Crippen LogP contribution in [0.5, 0.6) is 0 Å². The molecule has 1 amide bonds. The van der Waals surface area contributed by atoms with E-state index in [1.165, 1.54) is 6.07 Å². The minimum Gasteiger partial charge on any atom is -0.451 e. The highest BCUT2D eigenvalue weighted by molar-refractivity contribution is 7.09. The maximum absolute atomic E-state index is 12.7. The molecule has 0 atom stereocenters. The number of carbonyl (C=O) groups excluding carboxylic acids is 1. The van der Waals surface area contributed by atoms with Gasteiger partial charge >= 0.3 is 0 Å². The van der Waals surface area contributed by atoms with Gasteiger partial charge in [-0.2, -0.15) is 5.10 Å². The van der Waals surface area contributed by atoms with E-state index in [4.69, 9.17) is 4.42 Å². The van der Waals surface area contributed by atoms with Crippen LogP contribution in [-0.4, -0.2) is 15.7 Å². The lowest BCUT2D eigenvalue weighted by Gasteiger charge is -2.09. The molecule has 4 rings (SSSR count). The summed E-state index contributed by atoms with van der Waals surface area (Å²) in [4.78, 5) is 26.2. The van der Waals surface area contributed by atoms with Gasteiger partial charge in [0.1, 0.15) is 11.4 Å². The molecule has 0 unspecified atom stereocenters. The Morgan fingerprint density at radius 3 is 2.89 bits per heavy atom. The number of aromatic nitrogens is 2. The highest BCUT2D eigenvalue weighted by Crippen LogP contribution is 2.20. The van der Waals surface area contributed by atoms with Gasteiger partial charge in [0.25, 0.3) is 5.91 Å². The Morgan fingerprint density at radius 2 is 2.11 bits per heavy atom. The predicted octanol–water partition coefficient (Wildman–Crippen LogP) is 3.97. The van der Waals surface area contributed by atoms with E-state index in [2.05, 4.69) is 10.4 Å². The standard InChI is InChI=1S/C20H17N3O3S/c1-12-8-13(2)19-15(24)10-17(26-16(19)9-12)20(25)22-18-5-6-21-23(18)11-14-4-3-7-27-14/h3-10H,11H2,1-2H3,(H,22,25). The molecular weight excluding hydrogens is 362 g/mol. The molecule has 3 aromatic heterocycles. The SMILES string of the molecule is Cc1cc(C)c2c(=O)cc(C(=O)Nc3ccnn3Cc3cccs3)oc2c1. The van der Waals surface area contributed by atoms with Crippen LogP contribution in [0.3, 0.4) is 0 Å². The average molecular weight is 379 g/mol. The largest absolute Gasteiger partial charge is 0.451 e. The number of hydrogen-bond donors (Lipinski definition) is 1. The summed E-state index contributed by atoms with van der Waals surface area (Å²) in [5, 5.41) is 9.51. The zero-order valence-electron chi connectivity index (χ0n) is 14.9. The van der Waals surface area contributed by atoms with Crippen LogP contribution in [0.1, 0.15) is 26.6 Å². The number of nitrogens with one attached hydrogen (secondary N) is 1. The average Bonchev–Trinajstić information content (AvgIpc) is 3.26. The Balaban J connectivity index is 1.64. The molecule has 3 heterocycles. The molecule has 0 saturated heterocycles. The van der Waals surface area contributed by atoms with Crippen LogP contribution in [-0.2, 0) is 6.54 Å². The van der Waals surface area contributed by atoms with Crippen molar-refractivity contribution in [3.63, 3.8) is 0 Å². The molecule has 27 heavy (non-hydrogen) atoms. The molecule has 4 aromatic rings. The summed E-state index contributed by atoms with van der Waals surface area (Å²) < 4.78 is 7.41. The van der Waals surface area contributed by atoms with Gasteiger partial charge in [-0.15, -0.1) is 11.3 Å². The minimum atomic E-state index is -0.485. The van der Waals surface area contributed by atoms with E-state index in [1.54, 1.807) is 34.3 Å². The molecule has 0 aliphatic carbocycles. The van der Waals surface area contributed by atoms with Crippen LogP contribution in [0.4, 0.5) is 5.82 Å². The lowest BCUT2D eigenvalue weighted by atomic mass is 10.1. The molecule has 0 aliphatic rings. The van der Waals surface area contributed by atoms with Crippen LogP contribution in [0.25, 0.3) is 11.0 Å². The van der Waals surface area contributed by atoms with E-state index in [0.717, 1.165) is 16.0 Å². The van der Waals surface area contributed by atoms with Gasteiger partial charge in [-0.1, -0.05) is 12.1 Å². The third-order valence-corrected chi connectivity index (χ3v) is 5.10. The van der Waals surface area contributed by atoms with Gasteiger partial charge in [-0.25, -0.2) is 4.68 Å². The van der Waals surface area contributed by atoms with Crippen LogP contribution < -0.4 is 10.7 Å². The fourth-order valence-electron chi connectivity index (χ4n) is 3.07. The normalized spacial score (nSPS) is 11.0. The maximum Gasteiger partial charge on any atom is 0.292 e. The van der Waals surface area contributed by atoms with Crippen molar-refractivity contribution < 1.29 is 9.21 Å². The Morgan fingerprint density at radius 1 is 1.26 bits per heavy atom. The molecule has 0 aliphatic heterocycles. The number of nitrogens with zero attached hydrogens (tertiary/aromatic N) is 2.